The molecule has 7 nitrogen and oxygen atoms in total. The number of hydrogen-bond donors (Lipinski definition) is 1. The van der Waals surface area contributed by atoms with E-state index in [4.69, 9.17) is 4.42 Å². The van der Waals surface area contributed by atoms with Crippen molar-refractivity contribution < 1.29 is 18.5 Å². The zero-order valence-electron chi connectivity index (χ0n) is 9.95. The van der Waals surface area contributed by atoms with Crippen molar-refractivity contribution in [2.75, 3.05) is 0 Å². The minimum absolute atomic E-state index is 0.229. The Hall–Kier alpha value is -3.03. The van der Waals surface area contributed by atoms with E-state index in [0.29, 0.717) is 5.56 Å². The van der Waals surface area contributed by atoms with Crippen LogP contribution in [-0.2, 0) is 0 Å². The Morgan fingerprint density at radius 3 is 2.60 bits per heavy atom. The third-order valence-corrected chi connectivity index (χ3v) is 2.25. The predicted molar refractivity (Wildman–Crippen MR) is 66.8 cm³/mol. The standard InChI is InChI=1S/C12H8FN3O4/c13-9-3-1-8(2-4-9)7-14-15-12(17)10-5-6-11(20-10)16(18)19/h1-7H,(H,15,17)/b14-7+. The highest BCUT2D eigenvalue weighted by Gasteiger charge is 2.16. The van der Waals surface area contributed by atoms with Crippen LogP contribution in [0, 0.1) is 15.9 Å². The molecule has 1 N–H and O–H groups in total. The lowest BCUT2D eigenvalue weighted by Gasteiger charge is -1.95. The zero-order chi connectivity index (χ0) is 14.5. The van der Waals surface area contributed by atoms with Crippen molar-refractivity contribution in [1.82, 2.24) is 5.43 Å². The van der Waals surface area contributed by atoms with Gasteiger partial charge in [0.05, 0.1) is 12.3 Å². The fourth-order valence-electron chi connectivity index (χ4n) is 1.32. The van der Waals surface area contributed by atoms with Crippen LogP contribution in [0.3, 0.4) is 0 Å². The first-order valence-electron chi connectivity index (χ1n) is 5.39. The minimum Gasteiger partial charge on any atom is -0.395 e. The molecule has 0 bridgehead atoms. The van der Waals surface area contributed by atoms with Crippen LogP contribution in [0.5, 0.6) is 0 Å². The van der Waals surface area contributed by atoms with E-state index < -0.39 is 16.7 Å². The number of halogens is 1. The summed E-state index contributed by atoms with van der Waals surface area (Å²) in [6.45, 7) is 0. The van der Waals surface area contributed by atoms with Crippen LogP contribution in [0.2, 0.25) is 0 Å². The molecule has 0 fully saturated rings. The maximum absolute atomic E-state index is 12.6. The van der Waals surface area contributed by atoms with Gasteiger partial charge in [-0.2, -0.15) is 5.10 Å². The number of nitrogens with zero attached hydrogens (tertiary/aromatic N) is 2. The monoisotopic (exact) mass is 277 g/mol. The fourth-order valence-corrected chi connectivity index (χ4v) is 1.32. The summed E-state index contributed by atoms with van der Waals surface area (Å²) in [6.07, 6.45) is 1.30. The maximum atomic E-state index is 12.6. The van der Waals surface area contributed by atoms with Gasteiger partial charge in [0.15, 0.2) is 0 Å². The largest absolute Gasteiger partial charge is 0.433 e. The first-order valence-corrected chi connectivity index (χ1v) is 5.39. The molecule has 0 atom stereocenters. The average molecular weight is 277 g/mol. The maximum Gasteiger partial charge on any atom is 0.433 e. The Morgan fingerprint density at radius 1 is 1.30 bits per heavy atom. The second kappa shape index (κ2) is 5.74. The number of benzene rings is 1. The number of furan rings is 1. The highest BCUT2D eigenvalue weighted by Crippen LogP contribution is 2.15. The molecule has 2 aromatic rings. The highest BCUT2D eigenvalue weighted by atomic mass is 19.1. The number of carbonyl (C=O) groups is 1. The van der Waals surface area contributed by atoms with E-state index >= 15 is 0 Å². The van der Waals surface area contributed by atoms with Crippen molar-refractivity contribution >= 4 is 18.0 Å². The lowest BCUT2D eigenvalue weighted by Crippen LogP contribution is -2.16. The molecule has 0 aliphatic rings. The molecule has 20 heavy (non-hydrogen) atoms. The zero-order valence-corrected chi connectivity index (χ0v) is 9.95. The molecule has 0 aliphatic heterocycles. The van der Waals surface area contributed by atoms with Gasteiger partial charge in [0.25, 0.3) is 0 Å². The van der Waals surface area contributed by atoms with Crippen LogP contribution >= 0.6 is 0 Å². The number of amides is 1. The number of hydrogen-bond acceptors (Lipinski definition) is 5. The molecule has 1 amide bonds. The minimum atomic E-state index is -0.751. The lowest BCUT2D eigenvalue weighted by atomic mass is 10.2. The first kappa shape index (κ1) is 13.4. The van der Waals surface area contributed by atoms with Gasteiger partial charge in [-0.25, -0.2) is 9.82 Å². The van der Waals surface area contributed by atoms with E-state index in [2.05, 4.69) is 10.5 Å². The second-order valence-electron chi connectivity index (χ2n) is 3.65. The van der Waals surface area contributed by atoms with E-state index in [1.54, 1.807) is 0 Å². The first-order chi connectivity index (χ1) is 9.56. The average Bonchev–Trinajstić information content (AvgIpc) is 2.91. The van der Waals surface area contributed by atoms with Gasteiger partial charge >= 0.3 is 11.8 Å². The SMILES string of the molecule is O=C(N/N=C/c1ccc(F)cc1)c1ccc([N+](=O)[O-])o1. The lowest BCUT2D eigenvalue weighted by molar-refractivity contribution is -0.402. The Morgan fingerprint density at radius 2 is 2.00 bits per heavy atom. The highest BCUT2D eigenvalue weighted by molar-refractivity contribution is 5.92. The third-order valence-electron chi connectivity index (χ3n) is 2.25. The third kappa shape index (κ3) is 3.25. The van der Waals surface area contributed by atoms with Crippen LogP contribution in [-0.4, -0.2) is 17.0 Å². The van der Waals surface area contributed by atoms with Gasteiger partial charge in [0.1, 0.15) is 10.7 Å². The van der Waals surface area contributed by atoms with Gasteiger partial charge in [-0.3, -0.25) is 14.9 Å². The summed E-state index contributed by atoms with van der Waals surface area (Å²) in [5.74, 6) is -1.86. The number of nitro groups is 1. The summed E-state index contributed by atoms with van der Waals surface area (Å²) in [7, 11) is 0. The fraction of sp³-hybridized carbons (Fsp3) is 0. The molecule has 1 aromatic heterocycles. The van der Waals surface area contributed by atoms with E-state index in [-0.39, 0.29) is 11.6 Å². The van der Waals surface area contributed by atoms with Gasteiger partial charge in [0.2, 0.25) is 5.76 Å². The van der Waals surface area contributed by atoms with Gasteiger partial charge in [-0.15, -0.1) is 0 Å². The van der Waals surface area contributed by atoms with E-state index in [9.17, 15) is 19.3 Å². The number of hydrazone groups is 1. The molecule has 8 heteroatoms. The Bertz CT molecular complexity index is 664. The van der Waals surface area contributed by atoms with Crippen molar-refractivity contribution in [3.63, 3.8) is 0 Å². The smallest absolute Gasteiger partial charge is 0.395 e. The van der Waals surface area contributed by atoms with Gasteiger partial charge in [-0.1, -0.05) is 12.1 Å². The number of carbonyl (C=O) groups excluding carboxylic acids is 1. The Balaban J connectivity index is 1.97. The van der Waals surface area contributed by atoms with Gasteiger partial charge in [-0.05, 0) is 23.8 Å². The van der Waals surface area contributed by atoms with Crippen molar-refractivity contribution in [1.29, 1.82) is 0 Å². The van der Waals surface area contributed by atoms with Gasteiger partial charge < -0.3 is 4.42 Å². The van der Waals surface area contributed by atoms with Gasteiger partial charge in [0, 0.05) is 0 Å². The van der Waals surface area contributed by atoms with E-state index in [1.165, 1.54) is 36.5 Å². The molecule has 0 saturated heterocycles. The van der Waals surface area contributed by atoms with Crippen LogP contribution in [0.15, 0.2) is 45.9 Å². The summed E-state index contributed by atoms with van der Waals surface area (Å²) in [5, 5.41) is 14.0. The van der Waals surface area contributed by atoms with Crippen LogP contribution < -0.4 is 5.43 Å². The predicted octanol–water partition coefficient (Wildman–Crippen LogP) is 2.09. The number of rotatable bonds is 4. The summed E-state index contributed by atoms with van der Waals surface area (Å²) in [4.78, 5) is 21.2. The molecule has 1 aromatic carbocycles. The molecule has 0 saturated carbocycles. The van der Waals surface area contributed by atoms with E-state index in [1.807, 2.05) is 0 Å². The molecule has 0 unspecified atom stereocenters. The summed E-state index contributed by atoms with van der Waals surface area (Å²) in [5.41, 5.74) is 2.72. The van der Waals surface area contributed by atoms with Crippen molar-refractivity contribution in [3.8, 4) is 0 Å². The second-order valence-corrected chi connectivity index (χ2v) is 3.65. The number of nitrogens with one attached hydrogen (secondary N) is 1. The quantitative estimate of drug-likeness (QED) is 0.525. The molecular weight excluding hydrogens is 269 g/mol. The Kier molecular flexibility index (Phi) is 3.85. The van der Waals surface area contributed by atoms with Crippen molar-refractivity contribution in [3.05, 3.63) is 63.7 Å². The van der Waals surface area contributed by atoms with E-state index in [0.717, 1.165) is 6.07 Å². The summed E-state index contributed by atoms with van der Waals surface area (Å²) < 4.78 is 17.3. The Labute approximate surface area is 111 Å². The topological polar surface area (TPSA) is 97.7 Å². The molecule has 0 aliphatic carbocycles. The van der Waals surface area contributed by atoms with Crippen molar-refractivity contribution in [2.45, 2.75) is 0 Å². The normalized spacial score (nSPS) is 10.7. The van der Waals surface area contributed by atoms with Crippen LogP contribution in [0.1, 0.15) is 16.1 Å². The molecule has 0 spiro atoms. The summed E-state index contributed by atoms with van der Waals surface area (Å²) in [6, 6.07) is 7.68. The molecule has 0 radical (unpaired) electrons. The molecule has 2 rings (SSSR count). The van der Waals surface area contributed by atoms with Crippen LogP contribution in [0.4, 0.5) is 10.3 Å². The molecular formula is C12H8FN3O4. The summed E-state index contributed by atoms with van der Waals surface area (Å²) >= 11 is 0. The molecule has 1 heterocycles. The molecule has 102 valence electrons. The van der Waals surface area contributed by atoms with Crippen molar-refractivity contribution in [2.24, 2.45) is 5.10 Å². The van der Waals surface area contributed by atoms with Crippen LogP contribution in [0.25, 0.3) is 0 Å².